The van der Waals surface area contributed by atoms with Crippen LogP contribution in [0, 0.1) is 0 Å². The summed E-state index contributed by atoms with van der Waals surface area (Å²) in [6.07, 6.45) is 1.23. The lowest BCUT2D eigenvalue weighted by Gasteiger charge is -2.39. The number of likely N-dealkylation sites (N-methyl/N-ethyl adjacent to an activating group) is 1. The molecular formula is C15H24ClN3. The molecule has 1 aromatic carbocycles. The van der Waals surface area contributed by atoms with Gasteiger partial charge in [-0.3, -0.25) is 4.90 Å². The molecule has 1 aromatic rings. The third kappa shape index (κ3) is 4.37. The smallest absolute Gasteiger partial charge is 0.0407 e. The molecule has 1 saturated heterocycles. The highest BCUT2D eigenvalue weighted by molar-refractivity contribution is 6.30. The summed E-state index contributed by atoms with van der Waals surface area (Å²) in [4.78, 5) is 5.03. The Morgan fingerprint density at radius 1 is 1.26 bits per heavy atom. The number of hydrogen-bond acceptors (Lipinski definition) is 3. The zero-order chi connectivity index (χ0) is 13.7. The van der Waals surface area contributed by atoms with Gasteiger partial charge < -0.3 is 10.2 Å². The molecule has 1 N–H and O–H groups in total. The molecule has 1 aliphatic heterocycles. The van der Waals surface area contributed by atoms with Gasteiger partial charge in [-0.1, -0.05) is 18.5 Å². The third-order valence-electron chi connectivity index (χ3n) is 3.93. The van der Waals surface area contributed by atoms with Crippen molar-refractivity contribution in [2.24, 2.45) is 0 Å². The van der Waals surface area contributed by atoms with Crippen LogP contribution in [0.5, 0.6) is 0 Å². The maximum Gasteiger partial charge on any atom is 0.0407 e. The van der Waals surface area contributed by atoms with Crippen molar-refractivity contribution >= 4 is 17.3 Å². The van der Waals surface area contributed by atoms with E-state index in [1.807, 2.05) is 24.3 Å². The molecule has 3 nitrogen and oxygen atoms in total. The van der Waals surface area contributed by atoms with E-state index in [2.05, 4.69) is 29.1 Å². The van der Waals surface area contributed by atoms with Crippen LogP contribution in [-0.2, 0) is 0 Å². The maximum absolute atomic E-state index is 5.87. The van der Waals surface area contributed by atoms with Crippen LogP contribution in [0.3, 0.4) is 0 Å². The summed E-state index contributed by atoms with van der Waals surface area (Å²) >= 11 is 5.87. The number of nitrogens with one attached hydrogen (secondary N) is 1. The Kier molecular flexibility index (Phi) is 5.49. The topological polar surface area (TPSA) is 18.5 Å². The minimum atomic E-state index is 0.712. The van der Waals surface area contributed by atoms with E-state index in [-0.39, 0.29) is 0 Å². The van der Waals surface area contributed by atoms with Crippen molar-refractivity contribution in [1.29, 1.82) is 0 Å². The minimum Gasteiger partial charge on any atom is -0.384 e. The minimum absolute atomic E-state index is 0.712. The molecule has 0 aliphatic carbocycles. The molecule has 1 fully saturated rings. The molecule has 0 radical (unpaired) electrons. The van der Waals surface area contributed by atoms with Crippen LogP contribution < -0.4 is 5.32 Å². The molecule has 1 aliphatic rings. The Bertz CT molecular complexity index is 379. The molecule has 0 aromatic heterocycles. The van der Waals surface area contributed by atoms with E-state index in [4.69, 9.17) is 11.6 Å². The van der Waals surface area contributed by atoms with Crippen LogP contribution in [-0.4, -0.2) is 55.6 Å². The normalized spacial score (nSPS) is 21.5. The number of benzene rings is 1. The van der Waals surface area contributed by atoms with E-state index in [1.54, 1.807) is 0 Å². The number of rotatable bonds is 5. The Labute approximate surface area is 121 Å². The van der Waals surface area contributed by atoms with Crippen molar-refractivity contribution in [2.45, 2.75) is 19.4 Å². The fraction of sp³-hybridized carbons (Fsp3) is 0.600. The summed E-state index contributed by atoms with van der Waals surface area (Å²) in [5, 5.41) is 4.24. The van der Waals surface area contributed by atoms with E-state index in [1.165, 1.54) is 26.1 Å². The van der Waals surface area contributed by atoms with Gasteiger partial charge in [0.2, 0.25) is 0 Å². The van der Waals surface area contributed by atoms with Crippen molar-refractivity contribution in [1.82, 2.24) is 9.80 Å². The standard InChI is InChI=1S/C15H24ClN3/c1-3-15-12-19(11-10-18(15)2)9-8-17-14-6-4-13(16)5-7-14/h4-7,15,17H,3,8-12H2,1-2H3. The fourth-order valence-corrected chi connectivity index (χ4v) is 2.71. The molecule has 1 unspecified atom stereocenters. The van der Waals surface area contributed by atoms with Crippen molar-refractivity contribution in [3.05, 3.63) is 29.3 Å². The summed E-state index contributed by atoms with van der Waals surface area (Å²) in [6, 6.07) is 8.62. The van der Waals surface area contributed by atoms with Crippen LogP contribution in [0.1, 0.15) is 13.3 Å². The Hall–Kier alpha value is -0.770. The second-order valence-electron chi connectivity index (χ2n) is 5.28. The van der Waals surface area contributed by atoms with Gasteiger partial charge in [-0.05, 0) is 37.7 Å². The third-order valence-corrected chi connectivity index (χ3v) is 4.19. The largest absolute Gasteiger partial charge is 0.384 e. The highest BCUT2D eigenvalue weighted by Gasteiger charge is 2.21. The first-order chi connectivity index (χ1) is 9.19. The van der Waals surface area contributed by atoms with Gasteiger partial charge in [-0.15, -0.1) is 0 Å². The van der Waals surface area contributed by atoms with Crippen molar-refractivity contribution in [3.63, 3.8) is 0 Å². The summed E-state index contributed by atoms with van der Waals surface area (Å²) in [5.41, 5.74) is 1.14. The number of piperazine rings is 1. The van der Waals surface area contributed by atoms with Gasteiger partial charge in [0.15, 0.2) is 0 Å². The van der Waals surface area contributed by atoms with E-state index in [9.17, 15) is 0 Å². The molecule has 0 amide bonds. The highest BCUT2D eigenvalue weighted by atomic mass is 35.5. The first-order valence-corrected chi connectivity index (χ1v) is 7.49. The number of halogens is 1. The second-order valence-corrected chi connectivity index (χ2v) is 5.71. The van der Waals surface area contributed by atoms with Gasteiger partial charge in [-0.25, -0.2) is 0 Å². The van der Waals surface area contributed by atoms with Gasteiger partial charge >= 0.3 is 0 Å². The molecule has 1 atom stereocenters. The van der Waals surface area contributed by atoms with Crippen LogP contribution in [0.2, 0.25) is 5.02 Å². The molecule has 4 heteroatoms. The van der Waals surface area contributed by atoms with Crippen LogP contribution in [0.4, 0.5) is 5.69 Å². The molecule has 0 saturated carbocycles. The van der Waals surface area contributed by atoms with Gasteiger partial charge in [0.1, 0.15) is 0 Å². The summed E-state index contributed by atoms with van der Waals surface area (Å²) in [7, 11) is 2.23. The lowest BCUT2D eigenvalue weighted by Crippen LogP contribution is -2.51. The number of hydrogen-bond donors (Lipinski definition) is 1. The van der Waals surface area contributed by atoms with Gasteiger partial charge in [0, 0.05) is 49.5 Å². The number of nitrogens with zero attached hydrogens (tertiary/aromatic N) is 2. The quantitative estimate of drug-likeness (QED) is 0.895. The van der Waals surface area contributed by atoms with Crippen molar-refractivity contribution in [3.8, 4) is 0 Å². The second kappa shape index (κ2) is 7.13. The summed E-state index contributed by atoms with van der Waals surface area (Å²) in [5.74, 6) is 0. The SMILES string of the molecule is CCC1CN(CCNc2ccc(Cl)cc2)CCN1C. The van der Waals surface area contributed by atoms with Gasteiger partial charge in [0.25, 0.3) is 0 Å². The predicted molar refractivity (Wildman–Crippen MR) is 83.1 cm³/mol. The van der Waals surface area contributed by atoms with E-state index >= 15 is 0 Å². The van der Waals surface area contributed by atoms with Crippen molar-refractivity contribution < 1.29 is 0 Å². The zero-order valence-corrected chi connectivity index (χ0v) is 12.7. The average molecular weight is 282 g/mol. The molecule has 19 heavy (non-hydrogen) atoms. The fourth-order valence-electron chi connectivity index (χ4n) is 2.58. The number of anilines is 1. The van der Waals surface area contributed by atoms with E-state index < -0.39 is 0 Å². The van der Waals surface area contributed by atoms with Crippen molar-refractivity contribution in [2.75, 3.05) is 45.1 Å². The maximum atomic E-state index is 5.87. The first kappa shape index (κ1) is 14.6. The lowest BCUT2D eigenvalue weighted by atomic mass is 10.1. The van der Waals surface area contributed by atoms with E-state index in [0.717, 1.165) is 23.8 Å². The molecular weight excluding hydrogens is 258 g/mol. The Morgan fingerprint density at radius 2 is 2.00 bits per heavy atom. The van der Waals surface area contributed by atoms with E-state index in [0.29, 0.717) is 6.04 Å². The first-order valence-electron chi connectivity index (χ1n) is 7.11. The Morgan fingerprint density at radius 3 is 2.68 bits per heavy atom. The van der Waals surface area contributed by atoms with Gasteiger partial charge in [-0.2, -0.15) is 0 Å². The van der Waals surface area contributed by atoms with Crippen LogP contribution >= 0.6 is 11.6 Å². The lowest BCUT2D eigenvalue weighted by molar-refractivity contribution is 0.0963. The molecule has 0 bridgehead atoms. The highest BCUT2D eigenvalue weighted by Crippen LogP contribution is 2.13. The van der Waals surface area contributed by atoms with Crippen LogP contribution in [0.25, 0.3) is 0 Å². The van der Waals surface area contributed by atoms with Crippen LogP contribution in [0.15, 0.2) is 24.3 Å². The molecule has 1 heterocycles. The summed E-state index contributed by atoms with van der Waals surface area (Å²) in [6.45, 7) is 7.91. The average Bonchev–Trinajstić information content (AvgIpc) is 2.43. The monoisotopic (exact) mass is 281 g/mol. The Balaban J connectivity index is 1.72. The van der Waals surface area contributed by atoms with Gasteiger partial charge in [0.05, 0.1) is 0 Å². The molecule has 0 spiro atoms. The predicted octanol–water partition coefficient (Wildman–Crippen LogP) is 2.78. The summed E-state index contributed by atoms with van der Waals surface area (Å²) < 4.78 is 0. The zero-order valence-electron chi connectivity index (χ0n) is 11.9. The molecule has 2 rings (SSSR count). The molecule has 106 valence electrons.